The van der Waals surface area contributed by atoms with Crippen molar-refractivity contribution in [1.29, 1.82) is 0 Å². The van der Waals surface area contributed by atoms with Gasteiger partial charge in [0, 0.05) is 25.2 Å². The molecular weight excluding hydrogens is 414 g/mol. The molecule has 1 aliphatic rings. The van der Waals surface area contributed by atoms with Crippen molar-refractivity contribution in [3.63, 3.8) is 0 Å². The standard InChI is InChI=1S/C24H22ClN3O3/c1-15(16-10-11-26-22(29)13-16)27-23(30)21-12-17-6-2-3-7-18(17)14-28(21)24(31)19-8-4-5-9-20(19)25/h2-11,13,15,21H,12,14H2,1H3,(H,26,29)(H,27,30). The van der Waals surface area contributed by atoms with E-state index in [4.69, 9.17) is 11.6 Å². The number of aromatic nitrogens is 1. The molecule has 0 radical (unpaired) electrons. The highest BCUT2D eigenvalue weighted by atomic mass is 35.5. The van der Waals surface area contributed by atoms with Crippen molar-refractivity contribution >= 4 is 23.4 Å². The second-order valence-electron chi connectivity index (χ2n) is 7.62. The van der Waals surface area contributed by atoms with E-state index in [2.05, 4.69) is 10.3 Å². The summed E-state index contributed by atoms with van der Waals surface area (Å²) in [7, 11) is 0. The quantitative estimate of drug-likeness (QED) is 0.658. The van der Waals surface area contributed by atoms with E-state index < -0.39 is 6.04 Å². The van der Waals surface area contributed by atoms with Gasteiger partial charge in [-0.3, -0.25) is 14.4 Å². The van der Waals surface area contributed by atoms with Crippen LogP contribution in [0.4, 0.5) is 0 Å². The maximum Gasteiger partial charge on any atom is 0.256 e. The largest absolute Gasteiger partial charge is 0.348 e. The SMILES string of the molecule is CC(NC(=O)C1Cc2ccccc2CN1C(=O)c1ccccc1Cl)c1cc[nH]c(=O)c1. The molecule has 3 aromatic rings. The number of rotatable bonds is 4. The third kappa shape index (κ3) is 4.39. The maximum atomic E-state index is 13.4. The van der Waals surface area contributed by atoms with E-state index in [1.54, 1.807) is 41.4 Å². The third-order valence-electron chi connectivity index (χ3n) is 5.57. The predicted octanol–water partition coefficient (Wildman–Crippen LogP) is 3.47. The van der Waals surface area contributed by atoms with Gasteiger partial charge < -0.3 is 15.2 Å². The van der Waals surface area contributed by atoms with Crippen LogP contribution >= 0.6 is 11.6 Å². The van der Waals surface area contributed by atoms with Gasteiger partial charge in [0.05, 0.1) is 16.6 Å². The molecule has 0 fully saturated rings. The van der Waals surface area contributed by atoms with E-state index in [1.165, 1.54) is 6.07 Å². The normalized spacial score (nSPS) is 16.3. The fourth-order valence-corrected chi connectivity index (χ4v) is 4.10. The summed E-state index contributed by atoms with van der Waals surface area (Å²) in [6.07, 6.45) is 1.95. The summed E-state index contributed by atoms with van der Waals surface area (Å²) in [6.45, 7) is 2.13. The topological polar surface area (TPSA) is 82.3 Å². The van der Waals surface area contributed by atoms with Crippen LogP contribution in [0.1, 0.15) is 40.0 Å². The number of nitrogens with zero attached hydrogens (tertiary/aromatic N) is 1. The van der Waals surface area contributed by atoms with Crippen molar-refractivity contribution in [3.8, 4) is 0 Å². The summed E-state index contributed by atoms with van der Waals surface area (Å²) >= 11 is 6.26. The lowest BCUT2D eigenvalue weighted by molar-refractivity contribution is -0.126. The van der Waals surface area contributed by atoms with Crippen LogP contribution in [0.15, 0.2) is 71.7 Å². The van der Waals surface area contributed by atoms with Gasteiger partial charge >= 0.3 is 0 Å². The average Bonchev–Trinajstić information content (AvgIpc) is 2.78. The van der Waals surface area contributed by atoms with Gasteiger partial charge in [-0.25, -0.2) is 0 Å². The van der Waals surface area contributed by atoms with Crippen molar-refractivity contribution in [1.82, 2.24) is 15.2 Å². The first kappa shape index (κ1) is 20.9. The van der Waals surface area contributed by atoms with Gasteiger partial charge in [0.15, 0.2) is 0 Å². The first-order valence-corrected chi connectivity index (χ1v) is 10.4. The van der Waals surface area contributed by atoms with Gasteiger partial charge in [0.25, 0.3) is 5.91 Å². The summed E-state index contributed by atoms with van der Waals surface area (Å²) in [5.41, 5.74) is 2.87. The minimum Gasteiger partial charge on any atom is -0.348 e. The van der Waals surface area contributed by atoms with Gasteiger partial charge in [-0.05, 0) is 41.8 Å². The fraction of sp³-hybridized carbons (Fsp3) is 0.208. The Morgan fingerprint density at radius 1 is 1.10 bits per heavy atom. The summed E-state index contributed by atoms with van der Waals surface area (Å²) in [5.74, 6) is -0.563. The van der Waals surface area contributed by atoms with Crippen LogP contribution in [0.3, 0.4) is 0 Å². The zero-order valence-electron chi connectivity index (χ0n) is 17.0. The number of carbonyl (C=O) groups is 2. The number of carbonyl (C=O) groups excluding carboxylic acids is 2. The molecule has 7 heteroatoms. The van der Waals surface area contributed by atoms with Crippen molar-refractivity contribution < 1.29 is 9.59 Å². The molecular formula is C24H22ClN3O3. The van der Waals surface area contributed by atoms with Gasteiger partial charge in [0.2, 0.25) is 11.5 Å². The number of hydrogen-bond donors (Lipinski definition) is 2. The molecule has 158 valence electrons. The molecule has 1 aromatic heterocycles. The molecule has 6 nitrogen and oxygen atoms in total. The molecule has 2 heterocycles. The highest BCUT2D eigenvalue weighted by Crippen LogP contribution is 2.27. The third-order valence-corrected chi connectivity index (χ3v) is 5.90. The van der Waals surface area contributed by atoms with Gasteiger partial charge in [-0.2, -0.15) is 0 Å². The van der Waals surface area contributed by atoms with E-state index in [-0.39, 0.29) is 23.4 Å². The number of hydrogen-bond acceptors (Lipinski definition) is 3. The number of H-pyrrole nitrogens is 1. The van der Waals surface area contributed by atoms with Gasteiger partial charge in [-0.15, -0.1) is 0 Å². The van der Waals surface area contributed by atoms with Crippen LogP contribution in [-0.2, 0) is 17.8 Å². The molecule has 4 rings (SSSR count). The number of nitrogens with one attached hydrogen (secondary N) is 2. The fourth-order valence-electron chi connectivity index (χ4n) is 3.88. The Balaban J connectivity index is 1.64. The number of halogens is 1. The maximum absolute atomic E-state index is 13.4. The van der Waals surface area contributed by atoms with Crippen molar-refractivity contribution in [2.24, 2.45) is 0 Å². The van der Waals surface area contributed by atoms with Crippen LogP contribution in [0.25, 0.3) is 0 Å². The lowest BCUT2D eigenvalue weighted by atomic mass is 9.92. The minimum atomic E-state index is -0.692. The molecule has 0 bridgehead atoms. The van der Waals surface area contributed by atoms with Crippen LogP contribution in [0.2, 0.25) is 5.02 Å². The second-order valence-corrected chi connectivity index (χ2v) is 8.03. The molecule has 2 aromatic carbocycles. The molecule has 2 atom stereocenters. The number of aromatic amines is 1. The zero-order valence-corrected chi connectivity index (χ0v) is 17.7. The molecule has 31 heavy (non-hydrogen) atoms. The summed E-state index contributed by atoms with van der Waals surface area (Å²) in [6, 6.07) is 16.8. The first-order chi connectivity index (χ1) is 14.9. The van der Waals surface area contributed by atoms with Gasteiger partial charge in [-0.1, -0.05) is 48.0 Å². The highest BCUT2D eigenvalue weighted by Gasteiger charge is 2.36. The van der Waals surface area contributed by atoms with E-state index in [0.29, 0.717) is 29.1 Å². The Morgan fingerprint density at radius 3 is 2.55 bits per heavy atom. The number of pyridine rings is 1. The lowest BCUT2D eigenvalue weighted by Gasteiger charge is -2.36. The Kier molecular flexibility index (Phi) is 5.91. The number of fused-ring (bicyclic) bond motifs is 1. The van der Waals surface area contributed by atoms with Gasteiger partial charge in [0.1, 0.15) is 6.04 Å². The van der Waals surface area contributed by atoms with E-state index in [1.807, 2.05) is 31.2 Å². The highest BCUT2D eigenvalue weighted by molar-refractivity contribution is 6.33. The average molecular weight is 436 g/mol. The van der Waals surface area contributed by atoms with Crippen LogP contribution < -0.4 is 10.9 Å². The minimum absolute atomic E-state index is 0.235. The van der Waals surface area contributed by atoms with Crippen molar-refractivity contribution in [3.05, 3.63) is 104 Å². The molecule has 1 aliphatic heterocycles. The summed E-state index contributed by atoms with van der Waals surface area (Å²) in [4.78, 5) is 42.4. The predicted molar refractivity (Wildman–Crippen MR) is 119 cm³/mol. The Labute approximate surface area is 184 Å². The summed E-state index contributed by atoms with van der Waals surface area (Å²) < 4.78 is 0. The van der Waals surface area contributed by atoms with Crippen LogP contribution in [-0.4, -0.2) is 27.7 Å². The second kappa shape index (κ2) is 8.78. The van der Waals surface area contributed by atoms with E-state index in [9.17, 15) is 14.4 Å². The Morgan fingerprint density at radius 2 is 1.81 bits per heavy atom. The zero-order chi connectivity index (χ0) is 22.0. The van der Waals surface area contributed by atoms with E-state index in [0.717, 1.165) is 11.1 Å². The number of amides is 2. The molecule has 0 spiro atoms. The first-order valence-electron chi connectivity index (χ1n) is 10.1. The number of benzene rings is 2. The molecule has 2 N–H and O–H groups in total. The molecule has 2 unspecified atom stereocenters. The lowest BCUT2D eigenvalue weighted by Crippen LogP contribution is -2.53. The van der Waals surface area contributed by atoms with Crippen LogP contribution in [0.5, 0.6) is 0 Å². The van der Waals surface area contributed by atoms with Crippen LogP contribution in [0, 0.1) is 0 Å². The smallest absolute Gasteiger partial charge is 0.256 e. The van der Waals surface area contributed by atoms with Crippen molar-refractivity contribution in [2.45, 2.75) is 32.0 Å². The molecule has 2 amide bonds. The molecule has 0 saturated heterocycles. The molecule has 0 saturated carbocycles. The van der Waals surface area contributed by atoms with Crippen molar-refractivity contribution in [2.75, 3.05) is 0 Å². The summed E-state index contributed by atoms with van der Waals surface area (Å²) in [5, 5.41) is 3.31. The Bertz CT molecular complexity index is 1190. The Hall–Kier alpha value is -3.38. The monoisotopic (exact) mass is 435 g/mol. The molecule has 0 aliphatic carbocycles. The van der Waals surface area contributed by atoms with E-state index >= 15 is 0 Å².